The highest BCUT2D eigenvalue weighted by molar-refractivity contribution is 9.10. The number of amides is 1. The van der Waals surface area contributed by atoms with Crippen LogP contribution in [0.2, 0.25) is 10.0 Å². The van der Waals surface area contributed by atoms with Crippen molar-refractivity contribution in [2.45, 2.75) is 13.0 Å². The van der Waals surface area contributed by atoms with Crippen LogP contribution in [0.4, 0.5) is 0 Å². The van der Waals surface area contributed by atoms with Crippen LogP contribution in [0.3, 0.4) is 0 Å². The molecule has 2 aromatic rings. The molecule has 0 heterocycles. The third-order valence-corrected chi connectivity index (χ3v) is 4.06. The van der Waals surface area contributed by atoms with Gasteiger partial charge in [0.2, 0.25) is 0 Å². The Labute approximate surface area is 147 Å². The maximum atomic E-state index is 11.9. The minimum atomic E-state index is -0.221. The van der Waals surface area contributed by atoms with Gasteiger partial charge in [-0.3, -0.25) is 4.79 Å². The van der Waals surface area contributed by atoms with Gasteiger partial charge in [-0.15, -0.1) is 0 Å². The van der Waals surface area contributed by atoms with Crippen molar-refractivity contribution in [3.8, 4) is 5.75 Å². The number of halogens is 3. The molecular weight excluding hydrogens is 389 g/mol. The van der Waals surface area contributed by atoms with E-state index in [0.29, 0.717) is 15.8 Å². The number of carbonyl (C=O) groups is 1. The van der Waals surface area contributed by atoms with Crippen molar-refractivity contribution in [1.29, 1.82) is 0 Å². The van der Waals surface area contributed by atoms with Gasteiger partial charge in [-0.2, -0.15) is 0 Å². The van der Waals surface area contributed by atoms with Crippen LogP contribution >= 0.6 is 39.1 Å². The lowest BCUT2D eigenvalue weighted by Crippen LogP contribution is -2.31. The fraction of sp³-hybridized carbons (Fsp3) is 0.188. The molecule has 0 aliphatic carbocycles. The Kier molecular flexibility index (Phi) is 6.12. The Morgan fingerprint density at radius 3 is 2.55 bits per heavy atom. The molecule has 1 atom stereocenters. The van der Waals surface area contributed by atoms with Gasteiger partial charge in [-0.1, -0.05) is 51.3 Å². The van der Waals surface area contributed by atoms with Gasteiger partial charge in [0, 0.05) is 9.50 Å². The molecule has 0 saturated carbocycles. The summed E-state index contributed by atoms with van der Waals surface area (Å²) in [6.07, 6.45) is 0. The second-order valence-corrected chi connectivity index (χ2v) is 6.46. The summed E-state index contributed by atoms with van der Waals surface area (Å²) in [7, 11) is 0. The second kappa shape index (κ2) is 7.86. The van der Waals surface area contributed by atoms with Gasteiger partial charge in [0.15, 0.2) is 6.61 Å². The Morgan fingerprint density at radius 1 is 1.23 bits per heavy atom. The summed E-state index contributed by atoms with van der Waals surface area (Å²) in [6, 6.07) is 12.5. The van der Waals surface area contributed by atoms with Crippen molar-refractivity contribution in [3.05, 3.63) is 62.5 Å². The fourth-order valence-electron chi connectivity index (χ4n) is 1.85. The molecule has 0 bridgehead atoms. The van der Waals surface area contributed by atoms with Gasteiger partial charge in [0.1, 0.15) is 5.75 Å². The van der Waals surface area contributed by atoms with E-state index in [-0.39, 0.29) is 18.6 Å². The molecule has 1 N–H and O–H groups in total. The largest absolute Gasteiger partial charge is 0.482 e. The summed E-state index contributed by atoms with van der Waals surface area (Å²) >= 11 is 15.2. The van der Waals surface area contributed by atoms with Gasteiger partial charge in [0.05, 0.1) is 11.1 Å². The molecule has 0 fully saturated rings. The zero-order chi connectivity index (χ0) is 16.1. The van der Waals surface area contributed by atoms with Gasteiger partial charge in [-0.25, -0.2) is 0 Å². The van der Waals surface area contributed by atoms with Crippen LogP contribution in [0.5, 0.6) is 5.75 Å². The maximum Gasteiger partial charge on any atom is 0.258 e. The van der Waals surface area contributed by atoms with Crippen LogP contribution in [0.15, 0.2) is 46.9 Å². The third-order valence-electron chi connectivity index (χ3n) is 3.00. The molecule has 22 heavy (non-hydrogen) atoms. The first-order valence-corrected chi connectivity index (χ1v) is 8.13. The average Bonchev–Trinajstić information content (AvgIpc) is 2.47. The van der Waals surface area contributed by atoms with Crippen molar-refractivity contribution in [3.63, 3.8) is 0 Å². The molecule has 0 spiro atoms. The lowest BCUT2D eigenvalue weighted by molar-refractivity contribution is -0.123. The van der Waals surface area contributed by atoms with Gasteiger partial charge in [0.25, 0.3) is 5.91 Å². The number of hydrogen-bond donors (Lipinski definition) is 1. The Bertz CT molecular complexity index is 662. The highest BCUT2D eigenvalue weighted by atomic mass is 79.9. The minimum absolute atomic E-state index is 0.107. The van der Waals surface area contributed by atoms with E-state index in [0.717, 1.165) is 10.0 Å². The minimum Gasteiger partial charge on any atom is -0.482 e. The molecule has 0 unspecified atom stereocenters. The van der Waals surface area contributed by atoms with Crippen LogP contribution in [0.1, 0.15) is 18.5 Å². The van der Waals surface area contributed by atoms with Crippen molar-refractivity contribution in [2.75, 3.05) is 6.61 Å². The maximum absolute atomic E-state index is 11.9. The first-order valence-electron chi connectivity index (χ1n) is 6.58. The van der Waals surface area contributed by atoms with Crippen molar-refractivity contribution in [2.24, 2.45) is 0 Å². The van der Waals surface area contributed by atoms with E-state index in [1.807, 2.05) is 31.2 Å². The smallest absolute Gasteiger partial charge is 0.258 e. The molecule has 6 heteroatoms. The Morgan fingerprint density at radius 2 is 1.91 bits per heavy atom. The predicted octanol–water partition coefficient (Wildman–Crippen LogP) is 5.01. The molecule has 0 saturated heterocycles. The van der Waals surface area contributed by atoms with Gasteiger partial charge in [-0.05, 0) is 42.8 Å². The molecular formula is C16H14BrCl2NO2. The Hall–Kier alpha value is -1.23. The fourth-order valence-corrected chi connectivity index (χ4v) is 2.58. The van der Waals surface area contributed by atoms with E-state index in [1.165, 1.54) is 0 Å². The van der Waals surface area contributed by atoms with Crippen molar-refractivity contribution >= 4 is 45.0 Å². The first-order chi connectivity index (χ1) is 10.5. The highest BCUT2D eigenvalue weighted by Gasteiger charge is 2.11. The molecule has 116 valence electrons. The van der Waals surface area contributed by atoms with E-state index in [1.54, 1.807) is 18.2 Å². The molecule has 2 aromatic carbocycles. The topological polar surface area (TPSA) is 38.3 Å². The zero-order valence-corrected chi connectivity index (χ0v) is 14.9. The van der Waals surface area contributed by atoms with E-state index >= 15 is 0 Å². The lowest BCUT2D eigenvalue weighted by Gasteiger charge is -2.15. The predicted molar refractivity (Wildman–Crippen MR) is 92.7 cm³/mol. The Balaban J connectivity index is 1.88. The normalized spacial score (nSPS) is 11.8. The van der Waals surface area contributed by atoms with Gasteiger partial charge < -0.3 is 10.1 Å². The molecule has 0 aliphatic heterocycles. The van der Waals surface area contributed by atoms with Gasteiger partial charge >= 0.3 is 0 Å². The van der Waals surface area contributed by atoms with Crippen LogP contribution in [-0.4, -0.2) is 12.5 Å². The van der Waals surface area contributed by atoms with Crippen molar-refractivity contribution < 1.29 is 9.53 Å². The SMILES string of the molecule is C[C@@H](NC(=O)COc1ccc(Cl)cc1Cl)c1ccc(Br)cc1. The quantitative estimate of drug-likeness (QED) is 0.762. The van der Waals surface area contributed by atoms with E-state index < -0.39 is 0 Å². The first kappa shape index (κ1) is 17.1. The summed E-state index contributed by atoms with van der Waals surface area (Å²) in [4.78, 5) is 11.9. The number of benzene rings is 2. The second-order valence-electron chi connectivity index (χ2n) is 4.70. The van der Waals surface area contributed by atoms with Crippen LogP contribution in [0, 0.1) is 0 Å². The van der Waals surface area contributed by atoms with Crippen LogP contribution < -0.4 is 10.1 Å². The molecule has 0 aromatic heterocycles. The van der Waals surface area contributed by atoms with E-state index in [9.17, 15) is 4.79 Å². The number of nitrogens with one attached hydrogen (secondary N) is 1. The summed E-state index contributed by atoms with van der Waals surface area (Å²) in [5.74, 6) is 0.207. The lowest BCUT2D eigenvalue weighted by atomic mass is 10.1. The van der Waals surface area contributed by atoms with E-state index in [4.69, 9.17) is 27.9 Å². The molecule has 3 nitrogen and oxygen atoms in total. The monoisotopic (exact) mass is 401 g/mol. The highest BCUT2D eigenvalue weighted by Crippen LogP contribution is 2.27. The zero-order valence-electron chi connectivity index (χ0n) is 11.8. The van der Waals surface area contributed by atoms with Crippen LogP contribution in [-0.2, 0) is 4.79 Å². The number of carbonyl (C=O) groups excluding carboxylic acids is 1. The average molecular weight is 403 g/mol. The molecule has 2 rings (SSSR count). The van der Waals surface area contributed by atoms with E-state index in [2.05, 4.69) is 21.2 Å². The summed E-state index contributed by atoms with van der Waals surface area (Å²) in [5, 5.41) is 3.76. The number of rotatable bonds is 5. The number of ether oxygens (including phenoxy) is 1. The summed E-state index contributed by atoms with van der Waals surface area (Å²) in [6.45, 7) is 1.80. The molecule has 0 aliphatic rings. The standard InChI is InChI=1S/C16H14BrCl2NO2/c1-10(11-2-4-12(17)5-3-11)20-16(21)9-22-15-7-6-13(18)8-14(15)19/h2-8,10H,9H2,1H3,(H,20,21)/t10-/m1/s1. The molecule has 1 amide bonds. The molecule has 0 radical (unpaired) electrons. The summed E-state index contributed by atoms with van der Waals surface area (Å²) < 4.78 is 6.40. The number of hydrogen-bond acceptors (Lipinski definition) is 2. The van der Waals surface area contributed by atoms with Crippen molar-refractivity contribution in [1.82, 2.24) is 5.32 Å². The third kappa shape index (κ3) is 4.90. The summed E-state index contributed by atoms with van der Waals surface area (Å²) in [5.41, 5.74) is 1.01. The van der Waals surface area contributed by atoms with Crippen LogP contribution in [0.25, 0.3) is 0 Å².